The molecular weight excluding hydrogens is 350 g/mol. The Hall–Kier alpha value is -1.77. The van der Waals surface area contributed by atoms with Crippen LogP contribution in [0.5, 0.6) is 0 Å². The van der Waals surface area contributed by atoms with Gasteiger partial charge < -0.3 is 14.6 Å². The first-order valence-electron chi connectivity index (χ1n) is 9.03. The lowest BCUT2D eigenvalue weighted by atomic mass is 10.0. The van der Waals surface area contributed by atoms with Crippen molar-refractivity contribution in [2.24, 2.45) is 5.92 Å². The first-order valence-corrected chi connectivity index (χ1v) is 9.91. The predicted molar refractivity (Wildman–Crippen MR) is 101 cm³/mol. The van der Waals surface area contributed by atoms with Gasteiger partial charge in [-0.2, -0.15) is 0 Å². The molecule has 0 saturated heterocycles. The molecule has 3 rings (SSSR count). The average molecular weight is 378 g/mol. The Kier molecular flexibility index (Phi) is 6.39. The van der Waals surface area contributed by atoms with Crippen LogP contribution in [0.4, 0.5) is 0 Å². The summed E-state index contributed by atoms with van der Waals surface area (Å²) in [7, 11) is 1.52. The summed E-state index contributed by atoms with van der Waals surface area (Å²) in [5.74, 6) is 1.93. The van der Waals surface area contributed by atoms with Crippen LogP contribution < -0.4 is 5.32 Å². The van der Waals surface area contributed by atoms with Gasteiger partial charge in [-0.05, 0) is 17.4 Å². The summed E-state index contributed by atoms with van der Waals surface area (Å²) in [4.78, 5) is 15.9. The lowest BCUT2D eigenvalue weighted by molar-refractivity contribution is -0.125. The van der Waals surface area contributed by atoms with E-state index in [0.717, 1.165) is 44.2 Å². The van der Waals surface area contributed by atoms with E-state index in [1.54, 1.807) is 11.3 Å². The van der Waals surface area contributed by atoms with Crippen LogP contribution >= 0.6 is 11.3 Å². The number of rotatable bonds is 7. The Morgan fingerprint density at radius 1 is 1.35 bits per heavy atom. The van der Waals surface area contributed by atoms with Gasteiger partial charge in [-0.25, -0.2) is 0 Å². The van der Waals surface area contributed by atoms with Gasteiger partial charge in [-0.1, -0.05) is 19.9 Å². The summed E-state index contributed by atoms with van der Waals surface area (Å²) in [6.07, 6.45) is 0.870. The van der Waals surface area contributed by atoms with E-state index in [1.165, 1.54) is 12.0 Å². The van der Waals surface area contributed by atoms with Gasteiger partial charge in [-0.3, -0.25) is 9.69 Å². The minimum absolute atomic E-state index is 0.0544. The van der Waals surface area contributed by atoms with Gasteiger partial charge in [-0.15, -0.1) is 21.5 Å². The molecule has 2 aromatic rings. The molecule has 142 valence electrons. The number of methoxy groups -OCH3 is 1. The minimum Gasteiger partial charge on any atom is -0.375 e. The molecule has 8 heteroatoms. The third-order valence-corrected chi connectivity index (χ3v) is 5.50. The number of amides is 1. The summed E-state index contributed by atoms with van der Waals surface area (Å²) in [6.45, 7) is 7.96. The summed E-state index contributed by atoms with van der Waals surface area (Å²) >= 11 is 1.80. The monoisotopic (exact) mass is 377 g/mol. The van der Waals surface area contributed by atoms with E-state index in [2.05, 4.69) is 56.3 Å². The molecule has 7 nitrogen and oxygen atoms in total. The maximum absolute atomic E-state index is 12.0. The highest BCUT2D eigenvalue weighted by Crippen LogP contribution is 2.23. The van der Waals surface area contributed by atoms with Crippen LogP contribution in [0.15, 0.2) is 17.5 Å². The number of nitrogens with zero attached hydrogens (tertiary/aromatic N) is 4. The van der Waals surface area contributed by atoms with Crippen LogP contribution in [0.1, 0.15) is 36.4 Å². The second-order valence-electron chi connectivity index (χ2n) is 6.95. The molecule has 26 heavy (non-hydrogen) atoms. The molecule has 0 saturated carbocycles. The fraction of sp³-hybridized carbons (Fsp3) is 0.611. The molecule has 0 bridgehead atoms. The van der Waals surface area contributed by atoms with Crippen LogP contribution in [0.3, 0.4) is 0 Å². The van der Waals surface area contributed by atoms with Crippen LogP contribution in [0, 0.1) is 5.92 Å². The van der Waals surface area contributed by atoms with E-state index in [0.29, 0.717) is 0 Å². The van der Waals surface area contributed by atoms with Crippen molar-refractivity contribution in [1.82, 2.24) is 25.0 Å². The van der Waals surface area contributed by atoms with Gasteiger partial charge >= 0.3 is 0 Å². The fourth-order valence-corrected chi connectivity index (χ4v) is 4.02. The highest BCUT2D eigenvalue weighted by molar-refractivity contribution is 7.09. The van der Waals surface area contributed by atoms with Crippen molar-refractivity contribution in [3.05, 3.63) is 34.0 Å². The molecule has 0 fully saturated rings. The van der Waals surface area contributed by atoms with Crippen molar-refractivity contribution in [2.45, 2.75) is 39.4 Å². The zero-order valence-electron chi connectivity index (χ0n) is 15.6. The smallest absolute Gasteiger partial charge is 0.246 e. The second-order valence-corrected chi connectivity index (χ2v) is 7.99. The van der Waals surface area contributed by atoms with Crippen LogP contribution in [0.2, 0.25) is 0 Å². The first kappa shape index (κ1) is 19.0. The van der Waals surface area contributed by atoms with Crippen LogP contribution in [0.25, 0.3) is 0 Å². The number of carbonyl (C=O) groups excluding carboxylic acids is 1. The quantitative estimate of drug-likeness (QED) is 0.797. The highest BCUT2D eigenvalue weighted by Gasteiger charge is 2.27. The topological polar surface area (TPSA) is 72.3 Å². The van der Waals surface area contributed by atoms with Gasteiger partial charge in [0.1, 0.15) is 12.4 Å². The third-order valence-electron chi connectivity index (χ3n) is 4.64. The molecule has 1 unspecified atom stereocenters. The van der Waals surface area contributed by atoms with Gasteiger partial charge in [0, 0.05) is 44.6 Å². The van der Waals surface area contributed by atoms with Gasteiger partial charge in [0.05, 0.1) is 6.04 Å². The molecule has 0 aromatic carbocycles. The molecule has 1 amide bonds. The maximum Gasteiger partial charge on any atom is 0.246 e. The summed E-state index contributed by atoms with van der Waals surface area (Å²) < 4.78 is 7.12. The number of ether oxygens (including phenoxy) is 1. The lowest BCUT2D eigenvalue weighted by Crippen LogP contribution is -2.36. The largest absolute Gasteiger partial charge is 0.375 e. The second kappa shape index (κ2) is 8.75. The molecule has 2 aromatic heterocycles. The van der Waals surface area contributed by atoms with E-state index >= 15 is 0 Å². The number of carbonyl (C=O) groups is 1. The first-order chi connectivity index (χ1) is 12.6. The highest BCUT2D eigenvalue weighted by atomic mass is 32.1. The molecule has 0 radical (unpaired) electrons. The standard InChI is InChI=1S/C18H27N5O2S/c1-13(2)17(19-16(24)12-25-3)18-21-20-15-6-7-22(8-9-23(15)18)11-14-5-4-10-26-14/h4-5,10,13,17H,6-9,11-12H2,1-3H3,(H,19,24). The minimum atomic E-state index is -0.164. The van der Waals surface area contributed by atoms with Gasteiger partial charge in [0.2, 0.25) is 5.91 Å². The summed E-state index contributed by atoms with van der Waals surface area (Å²) in [6, 6.07) is 4.12. The van der Waals surface area contributed by atoms with E-state index in [-0.39, 0.29) is 24.5 Å². The fourth-order valence-electron chi connectivity index (χ4n) is 3.28. The normalized spacial score (nSPS) is 16.3. The molecule has 3 heterocycles. The molecule has 1 N–H and O–H groups in total. The van der Waals surface area contributed by atoms with E-state index < -0.39 is 0 Å². The summed E-state index contributed by atoms with van der Waals surface area (Å²) in [5.41, 5.74) is 0. The molecule has 1 atom stereocenters. The zero-order valence-corrected chi connectivity index (χ0v) is 16.5. The number of hydrogen-bond donors (Lipinski definition) is 1. The SMILES string of the molecule is COCC(=O)NC(c1nnc2n1CCN(Cc1cccs1)CC2)C(C)C. The maximum atomic E-state index is 12.0. The molecule has 0 aliphatic carbocycles. The average Bonchev–Trinajstić information content (AvgIpc) is 3.20. The van der Waals surface area contributed by atoms with Crippen molar-refractivity contribution in [2.75, 3.05) is 26.8 Å². The van der Waals surface area contributed by atoms with Gasteiger partial charge in [0.25, 0.3) is 0 Å². The van der Waals surface area contributed by atoms with E-state index in [4.69, 9.17) is 4.74 Å². The van der Waals surface area contributed by atoms with E-state index in [1.807, 2.05) is 0 Å². The van der Waals surface area contributed by atoms with Crippen LogP contribution in [-0.4, -0.2) is 52.4 Å². The van der Waals surface area contributed by atoms with Crippen molar-refractivity contribution >= 4 is 17.2 Å². The Balaban J connectivity index is 1.72. The van der Waals surface area contributed by atoms with Crippen molar-refractivity contribution in [3.63, 3.8) is 0 Å². The Bertz CT molecular complexity index is 713. The number of fused-ring (bicyclic) bond motifs is 1. The lowest BCUT2D eigenvalue weighted by Gasteiger charge is -2.23. The number of aromatic nitrogens is 3. The molecule has 0 spiro atoms. The molecule has 1 aliphatic rings. The van der Waals surface area contributed by atoms with Crippen LogP contribution in [-0.2, 0) is 29.0 Å². The van der Waals surface area contributed by atoms with Crippen molar-refractivity contribution in [1.29, 1.82) is 0 Å². The molecule has 1 aliphatic heterocycles. The number of thiophene rings is 1. The Labute approximate surface area is 158 Å². The van der Waals surface area contributed by atoms with Gasteiger partial charge in [0.15, 0.2) is 5.82 Å². The van der Waals surface area contributed by atoms with Crippen molar-refractivity contribution in [3.8, 4) is 0 Å². The van der Waals surface area contributed by atoms with Crippen molar-refractivity contribution < 1.29 is 9.53 Å². The Morgan fingerprint density at radius 3 is 2.88 bits per heavy atom. The third kappa shape index (κ3) is 4.49. The van der Waals surface area contributed by atoms with E-state index in [9.17, 15) is 4.79 Å². The zero-order chi connectivity index (χ0) is 18.5. The Morgan fingerprint density at radius 2 is 2.19 bits per heavy atom. The summed E-state index contributed by atoms with van der Waals surface area (Å²) in [5, 5.41) is 14.0. The predicted octanol–water partition coefficient (Wildman–Crippen LogP) is 1.86. The number of hydrogen-bond acceptors (Lipinski definition) is 6. The number of nitrogens with one attached hydrogen (secondary N) is 1. The molecular formula is C18H27N5O2S.